The molecule has 2 aliphatic heterocycles. The van der Waals surface area contributed by atoms with Crippen LogP contribution in [0, 0.1) is 11.3 Å². The molecule has 0 bridgehead atoms. The van der Waals surface area contributed by atoms with Crippen LogP contribution in [0.2, 0.25) is 0 Å². The Hall–Kier alpha value is -1.99. The largest absolute Gasteiger partial charge is 0.355 e. The molecule has 0 aliphatic carbocycles. The van der Waals surface area contributed by atoms with Gasteiger partial charge in [0.1, 0.15) is 17.0 Å². The van der Waals surface area contributed by atoms with Gasteiger partial charge in [-0.1, -0.05) is 20.8 Å². The molecule has 0 radical (unpaired) electrons. The fourth-order valence-electron chi connectivity index (χ4n) is 5.15. The lowest BCUT2D eigenvalue weighted by Gasteiger charge is -2.52. The number of hydrogen-bond acceptors (Lipinski definition) is 6. The average Bonchev–Trinajstić information content (AvgIpc) is 3.39. The van der Waals surface area contributed by atoms with Gasteiger partial charge < -0.3 is 4.90 Å². The van der Waals surface area contributed by atoms with Crippen LogP contribution in [0.3, 0.4) is 0 Å². The Morgan fingerprint density at radius 3 is 2.82 bits per heavy atom. The monoisotopic (exact) mass is 396 g/mol. The maximum Gasteiger partial charge on any atom is 0.140 e. The molecule has 28 heavy (non-hydrogen) atoms. The van der Waals surface area contributed by atoms with Crippen molar-refractivity contribution in [2.75, 3.05) is 31.1 Å². The van der Waals surface area contributed by atoms with Crippen molar-refractivity contribution >= 4 is 27.4 Å². The Morgan fingerprint density at radius 2 is 2.11 bits per heavy atom. The van der Waals surface area contributed by atoms with E-state index in [9.17, 15) is 0 Å². The molecule has 1 atom stereocenters. The molecular formula is C21H28N6S. The van der Waals surface area contributed by atoms with E-state index in [1.807, 2.05) is 6.20 Å². The smallest absolute Gasteiger partial charge is 0.140 e. The summed E-state index contributed by atoms with van der Waals surface area (Å²) in [6.07, 6.45) is 8.07. The van der Waals surface area contributed by atoms with Gasteiger partial charge in [-0.2, -0.15) is 5.10 Å². The Morgan fingerprint density at radius 1 is 1.25 bits per heavy atom. The van der Waals surface area contributed by atoms with E-state index in [0.717, 1.165) is 43.2 Å². The zero-order chi connectivity index (χ0) is 19.3. The van der Waals surface area contributed by atoms with Crippen molar-refractivity contribution in [1.29, 1.82) is 0 Å². The van der Waals surface area contributed by atoms with Crippen LogP contribution in [0.1, 0.15) is 43.7 Å². The highest BCUT2D eigenvalue weighted by atomic mass is 32.1. The molecule has 1 spiro atoms. The summed E-state index contributed by atoms with van der Waals surface area (Å²) < 4.78 is 0. The van der Waals surface area contributed by atoms with E-state index in [1.54, 1.807) is 17.7 Å². The maximum atomic E-state index is 4.68. The molecule has 3 aromatic heterocycles. The number of nitrogens with one attached hydrogen (secondary N) is 1. The van der Waals surface area contributed by atoms with Crippen LogP contribution >= 0.6 is 11.3 Å². The van der Waals surface area contributed by atoms with Gasteiger partial charge in [0, 0.05) is 54.3 Å². The van der Waals surface area contributed by atoms with Gasteiger partial charge in [0.25, 0.3) is 0 Å². The van der Waals surface area contributed by atoms with Gasteiger partial charge in [0.05, 0.1) is 11.6 Å². The Kier molecular flexibility index (Phi) is 4.39. The van der Waals surface area contributed by atoms with Gasteiger partial charge in [0.2, 0.25) is 0 Å². The minimum Gasteiger partial charge on any atom is -0.355 e. The summed E-state index contributed by atoms with van der Waals surface area (Å²) in [5.74, 6) is 1.71. The van der Waals surface area contributed by atoms with Gasteiger partial charge in [0.15, 0.2) is 0 Å². The third-order valence-electron chi connectivity index (χ3n) is 6.41. The fraction of sp³-hybridized carbons (Fsp3) is 0.571. The van der Waals surface area contributed by atoms with Gasteiger partial charge >= 0.3 is 0 Å². The van der Waals surface area contributed by atoms with E-state index in [4.69, 9.17) is 0 Å². The number of likely N-dealkylation sites (tertiary alicyclic amines) is 1. The van der Waals surface area contributed by atoms with Gasteiger partial charge in [-0.3, -0.25) is 10.00 Å². The standard InChI is InChI=1S/C21H28N6S/c1-4-16-7-17-19(22-13-23-20(17)28-16)26-6-5-21(10-26)11-27(12-21)18(14(2)3)15-8-24-25-9-15/h7-9,13-14,18H,4-6,10-12H2,1-3H3,(H,24,25)/t18-/m0/s1. The summed E-state index contributed by atoms with van der Waals surface area (Å²) in [4.78, 5) is 16.8. The summed E-state index contributed by atoms with van der Waals surface area (Å²) >= 11 is 1.80. The minimum absolute atomic E-state index is 0.401. The lowest BCUT2D eigenvalue weighted by molar-refractivity contribution is -0.0321. The summed E-state index contributed by atoms with van der Waals surface area (Å²) in [5.41, 5.74) is 1.71. The predicted molar refractivity (Wildman–Crippen MR) is 114 cm³/mol. The topological polar surface area (TPSA) is 60.9 Å². The second kappa shape index (κ2) is 6.81. The van der Waals surface area contributed by atoms with E-state index < -0.39 is 0 Å². The van der Waals surface area contributed by atoms with Crippen LogP contribution in [0.4, 0.5) is 5.82 Å². The summed E-state index contributed by atoms with van der Waals surface area (Å²) in [6, 6.07) is 2.74. The summed E-state index contributed by atoms with van der Waals surface area (Å²) in [7, 11) is 0. The number of aromatic amines is 1. The van der Waals surface area contributed by atoms with E-state index in [2.05, 4.69) is 63.0 Å². The lowest BCUT2D eigenvalue weighted by Crippen LogP contribution is -2.59. The summed E-state index contributed by atoms with van der Waals surface area (Å²) in [6.45, 7) is 11.3. The van der Waals surface area contributed by atoms with Crippen LogP contribution in [-0.4, -0.2) is 51.2 Å². The highest BCUT2D eigenvalue weighted by Crippen LogP contribution is 2.46. The SMILES string of the molecule is CCc1cc2c(N3CCC4(C3)CN([C@H](c3cn[nH]c3)C(C)C)C4)ncnc2s1. The molecule has 2 saturated heterocycles. The maximum absolute atomic E-state index is 4.68. The van der Waals surface area contributed by atoms with Crippen molar-refractivity contribution in [3.8, 4) is 0 Å². The van der Waals surface area contributed by atoms with E-state index in [-0.39, 0.29) is 0 Å². The van der Waals surface area contributed by atoms with Gasteiger partial charge in [-0.15, -0.1) is 11.3 Å². The molecule has 2 aliphatic rings. The molecular weight excluding hydrogens is 368 g/mol. The van der Waals surface area contributed by atoms with Crippen molar-refractivity contribution in [3.05, 3.63) is 35.2 Å². The zero-order valence-electron chi connectivity index (χ0n) is 16.9. The first-order valence-electron chi connectivity index (χ1n) is 10.3. The molecule has 1 N–H and O–H groups in total. The molecule has 5 heterocycles. The Bertz CT molecular complexity index is 957. The van der Waals surface area contributed by atoms with Crippen molar-refractivity contribution in [2.24, 2.45) is 11.3 Å². The van der Waals surface area contributed by atoms with E-state index in [0.29, 0.717) is 17.4 Å². The normalized spacial score (nSPS) is 20.4. The Balaban J connectivity index is 1.33. The molecule has 0 saturated carbocycles. The van der Waals surface area contributed by atoms with Crippen molar-refractivity contribution in [3.63, 3.8) is 0 Å². The highest BCUT2D eigenvalue weighted by Gasteiger charge is 2.50. The molecule has 5 rings (SSSR count). The number of aromatic nitrogens is 4. The third kappa shape index (κ3) is 2.92. The quantitative estimate of drug-likeness (QED) is 0.709. The van der Waals surface area contributed by atoms with E-state index >= 15 is 0 Å². The molecule has 6 nitrogen and oxygen atoms in total. The number of rotatable bonds is 5. The van der Waals surface area contributed by atoms with Crippen molar-refractivity contribution in [2.45, 2.75) is 39.7 Å². The average molecular weight is 397 g/mol. The second-order valence-corrected chi connectivity index (χ2v) is 9.89. The van der Waals surface area contributed by atoms with E-state index in [1.165, 1.54) is 22.2 Å². The van der Waals surface area contributed by atoms with Crippen molar-refractivity contribution in [1.82, 2.24) is 25.1 Å². The second-order valence-electron chi connectivity index (χ2n) is 8.78. The number of hydrogen-bond donors (Lipinski definition) is 1. The zero-order valence-corrected chi connectivity index (χ0v) is 17.7. The lowest BCUT2D eigenvalue weighted by atomic mass is 9.76. The number of thiophene rings is 1. The van der Waals surface area contributed by atoms with Crippen LogP contribution < -0.4 is 4.90 Å². The number of anilines is 1. The first kappa shape index (κ1) is 18.1. The predicted octanol–water partition coefficient (Wildman–Crippen LogP) is 3.89. The first-order valence-corrected chi connectivity index (χ1v) is 11.1. The molecule has 0 amide bonds. The van der Waals surface area contributed by atoms with Crippen LogP contribution in [0.15, 0.2) is 24.8 Å². The van der Waals surface area contributed by atoms with Crippen LogP contribution in [0.25, 0.3) is 10.2 Å². The highest BCUT2D eigenvalue weighted by molar-refractivity contribution is 7.18. The van der Waals surface area contributed by atoms with Gasteiger partial charge in [-0.25, -0.2) is 9.97 Å². The minimum atomic E-state index is 0.401. The van der Waals surface area contributed by atoms with Gasteiger partial charge in [-0.05, 0) is 24.8 Å². The first-order chi connectivity index (χ1) is 13.6. The third-order valence-corrected chi connectivity index (χ3v) is 7.60. The fourth-order valence-corrected chi connectivity index (χ4v) is 6.07. The summed E-state index contributed by atoms with van der Waals surface area (Å²) in [5, 5.41) is 8.39. The number of fused-ring (bicyclic) bond motifs is 1. The molecule has 0 unspecified atom stereocenters. The number of H-pyrrole nitrogens is 1. The molecule has 2 fully saturated rings. The number of nitrogens with zero attached hydrogens (tertiary/aromatic N) is 5. The molecule has 148 valence electrons. The van der Waals surface area contributed by atoms with Crippen molar-refractivity contribution < 1.29 is 0 Å². The van der Waals surface area contributed by atoms with Crippen LogP contribution in [-0.2, 0) is 6.42 Å². The van der Waals surface area contributed by atoms with Crippen LogP contribution in [0.5, 0.6) is 0 Å². The molecule has 7 heteroatoms. The Labute approximate surface area is 170 Å². The molecule has 3 aromatic rings. The molecule has 0 aromatic carbocycles. The number of aryl methyl sites for hydroxylation is 1.